The van der Waals surface area contributed by atoms with Crippen LogP contribution in [-0.4, -0.2) is 11.9 Å². The maximum absolute atomic E-state index is 12.6. The number of benzene rings is 2. The highest BCUT2D eigenvalue weighted by molar-refractivity contribution is 7.10. The van der Waals surface area contributed by atoms with Crippen molar-refractivity contribution < 1.29 is 9.59 Å². The van der Waals surface area contributed by atoms with Crippen molar-refractivity contribution >= 4 is 34.6 Å². The Morgan fingerprint density at radius 2 is 1.41 bits per heavy atom. The second-order valence-electron chi connectivity index (χ2n) is 7.13. The molecule has 0 aliphatic rings. The number of hydrogen-bond donors (Lipinski definition) is 3. The molecule has 0 radical (unpaired) electrons. The molecule has 3 N–H and O–H groups in total. The molecule has 0 fully saturated rings. The second-order valence-corrected chi connectivity index (χ2v) is 8.11. The molecule has 29 heavy (non-hydrogen) atoms. The Balaban J connectivity index is 1.72. The normalized spacial score (nSPS) is 11.7. The van der Waals surface area contributed by atoms with Crippen LogP contribution in [0.1, 0.15) is 48.7 Å². The van der Waals surface area contributed by atoms with Gasteiger partial charge in [-0.15, -0.1) is 11.3 Å². The molecule has 0 saturated heterocycles. The van der Waals surface area contributed by atoms with E-state index in [1.165, 1.54) is 12.5 Å². The highest BCUT2D eigenvalue weighted by atomic mass is 32.1. The predicted molar refractivity (Wildman–Crippen MR) is 120 cm³/mol. The number of carbonyl (C=O) groups excluding carboxylic acids is 2. The lowest BCUT2D eigenvalue weighted by molar-refractivity contribution is -0.114. The van der Waals surface area contributed by atoms with Crippen LogP contribution in [0.25, 0.3) is 0 Å². The molecule has 1 atom stereocenters. The molecule has 0 unspecified atom stereocenters. The summed E-state index contributed by atoms with van der Waals surface area (Å²) in [5.41, 5.74) is 3.64. The van der Waals surface area contributed by atoms with Gasteiger partial charge in [0.1, 0.15) is 0 Å². The van der Waals surface area contributed by atoms with Crippen molar-refractivity contribution in [2.24, 2.45) is 0 Å². The fourth-order valence-corrected chi connectivity index (χ4v) is 3.79. The van der Waals surface area contributed by atoms with Crippen molar-refractivity contribution in [2.45, 2.75) is 32.7 Å². The minimum atomic E-state index is -0.288. The first-order valence-electron chi connectivity index (χ1n) is 9.51. The number of amides is 3. The van der Waals surface area contributed by atoms with E-state index in [1.54, 1.807) is 35.6 Å². The molecule has 150 valence electrons. The summed E-state index contributed by atoms with van der Waals surface area (Å²) in [5.74, 6) is 0.326. The quantitative estimate of drug-likeness (QED) is 0.487. The average molecular weight is 408 g/mol. The van der Waals surface area contributed by atoms with E-state index in [2.05, 4.69) is 54.1 Å². The standard InChI is InChI=1S/C23H25N3O2S/c1-15(2)17-6-8-18(9-7-17)22(21-5-4-14-29-21)26-23(28)25-20-12-10-19(11-13-20)24-16(3)27/h4-15,22H,1-3H3,(H,24,27)(H2,25,26,28)/t22-/m0/s1. The zero-order chi connectivity index (χ0) is 20.8. The van der Waals surface area contributed by atoms with Crippen molar-refractivity contribution in [1.82, 2.24) is 5.32 Å². The van der Waals surface area contributed by atoms with E-state index in [-0.39, 0.29) is 18.0 Å². The van der Waals surface area contributed by atoms with Crippen LogP contribution in [0.3, 0.4) is 0 Å². The molecule has 3 rings (SSSR count). The van der Waals surface area contributed by atoms with Crippen LogP contribution in [0.4, 0.5) is 16.2 Å². The van der Waals surface area contributed by atoms with Crippen LogP contribution in [0.15, 0.2) is 66.0 Å². The molecule has 5 nitrogen and oxygen atoms in total. The third kappa shape index (κ3) is 5.68. The van der Waals surface area contributed by atoms with Gasteiger partial charge in [-0.25, -0.2) is 4.79 Å². The van der Waals surface area contributed by atoms with Crippen LogP contribution in [0, 0.1) is 0 Å². The lowest BCUT2D eigenvalue weighted by atomic mass is 9.98. The van der Waals surface area contributed by atoms with Gasteiger partial charge in [0.05, 0.1) is 6.04 Å². The highest BCUT2D eigenvalue weighted by Gasteiger charge is 2.18. The summed E-state index contributed by atoms with van der Waals surface area (Å²) in [4.78, 5) is 24.8. The van der Waals surface area contributed by atoms with Crippen LogP contribution in [-0.2, 0) is 4.79 Å². The summed E-state index contributed by atoms with van der Waals surface area (Å²) in [6.07, 6.45) is 0. The third-order valence-corrected chi connectivity index (χ3v) is 5.44. The van der Waals surface area contributed by atoms with Crippen molar-refractivity contribution in [1.29, 1.82) is 0 Å². The molecule has 6 heteroatoms. The fourth-order valence-electron chi connectivity index (χ4n) is 2.99. The Morgan fingerprint density at radius 3 is 1.93 bits per heavy atom. The molecule has 0 saturated carbocycles. The number of urea groups is 1. The van der Waals surface area contributed by atoms with Crippen molar-refractivity contribution in [3.8, 4) is 0 Å². The number of hydrogen-bond acceptors (Lipinski definition) is 3. The molecular formula is C23H25N3O2S. The molecule has 1 aromatic heterocycles. The Hall–Kier alpha value is -3.12. The first kappa shape index (κ1) is 20.6. The van der Waals surface area contributed by atoms with Crippen LogP contribution in [0.2, 0.25) is 0 Å². The lowest BCUT2D eigenvalue weighted by Gasteiger charge is -2.19. The average Bonchev–Trinajstić information content (AvgIpc) is 3.22. The molecular weight excluding hydrogens is 382 g/mol. The Kier molecular flexibility index (Phi) is 6.67. The first-order chi connectivity index (χ1) is 13.9. The van der Waals surface area contributed by atoms with Gasteiger partial charge in [-0.2, -0.15) is 0 Å². The zero-order valence-corrected chi connectivity index (χ0v) is 17.5. The second kappa shape index (κ2) is 9.39. The van der Waals surface area contributed by atoms with E-state index in [9.17, 15) is 9.59 Å². The van der Waals surface area contributed by atoms with Crippen LogP contribution < -0.4 is 16.0 Å². The number of rotatable bonds is 6. The molecule has 1 heterocycles. The minimum Gasteiger partial charge on any atom is -0.326 e. The maximum atomic E-state index is 12.6. The summed E-state index contributed by atoms with van der Waals surface area (Å²) in [7, 11) is 0. The molecule has 0 bridgehead atoms. The summed E-state index contributed by atoms with van der Waals surface area (Å²) >= 11 is 1.61. The highest BCUT2D eigenvalue weighted by Crippen LogP contribution is 2.27. The monoisotopic (exact) mass is 407 g/mol. The van der Waals surface area contributed by atoms with Crippen molar-refractivity contribution in [2.75, 3.05) is 10.6 Å². The van der Waals surface area contributed by atoms with Gasteiger partial charge in [-0.05, 0) is 52.8 Å². The van der Waals surface area contributed by atoms with Crippen LogP contribution >= 0.6 is 11.3 Å². The van der Waals surface area contributed by atoms with Crippen molar-refractivity contribution in [3.63, 3.8) is 0 Å². The van der Waals surface area contributed by atoms with E-state index >= 15 is 0 Å². The number of nitrogens with one attached hydrogen (secondary N) is 3. The largest absolute Gasteiger partial charge is 0.326 e. The minimum absolute atomic E-state index is 0.134. The number of carbonyl (C=O) groups is 2. The first-order valence-corrected chi connectivity index (χ1v) is 10.4. The number of anilines is 2. The van der Waals surface area contributed by atoms with E-state index < -0.39 is 0 Å². The van der Waals surface area contributed by atoms with Gasteiger partial charge in [-0.3, -0.25) is 4.79 Å². The topological polar surface area (TPSA) is 70.2 Å². The zero-order valence-electron chi connectivity index (χ0n) is 16.7. The lowest BCUT2D eigenvalue weighted by Crippen LogP contribution is -2.32. The molecule has 0 aliphatic heterocycles. The molecule has 0 aliphatic carbocycles. The van der Waals surface area contributed by atoms with Gasteiger partial charge in [-0.1, -0.05) is 44.2 Å². The van der Waals surface area contributed by atoms with E-state index in [0.717, 1.165) is 10.4 Å². The summed E-state index contributed by atoms with van der Waals surface area (Å²) in [6, 6.07) is 18.9. The van der Waals surface area contributed by atoms with E-state index in [1.807, 2.05) is 17.5 Å². The third-order valence-electron chi connectivity index (χ3n) is 4.50. The molecule has 0 spiro atoms. The Morgan fingerprint density at radius 1 is 0.828 bits per heavy atom. The smallest absolute Gasteiger partial charge is 0.320 e. The molecule has 3 aromatic rings. The van der Waals surface area contributed by atoms with E-state index in [0.29, 0.717) is 17.3 Å². The van der Waals surface area contributed by atoms with E-state index in [4.69, 9.17) is 0 Å². The molecule has 3 amide bonds. The van der Waals surface area contributed by atoms with Crippen molar-refractivity contribution in [3.05, 3.63) is 82.0 Å². The summed E-state index contributed by atoms with van der Waals surface area (Å²) in [5, 5.41) is 10.6. The molecule has 2 aromatic carbocycles. The summed E-state index contributed by atoms with van der Waals surface area (Å²) in [6.45, 7) is 5.78. The van der Waals surface area contributed by atoms with Crippen LogP contribution in [0.5, 0.6) is 0 Å². The van der Waals surface area contributed by atoms with Gasteiger partial charge >= 0.3 is 6.03 Å². The number of thiophene rings is 1. The predicted octanol–water partition coefficient (Wildman–Crippen LogP) is 5.74. The Bertz CT molecular complexity index is 949. The van der Waals surface area contributed by atoms with Gasteiger partial charge < -0.3 is 16.0 Å². The Labute approximate surface area is 175 Å². The SMILES string of the molecule is CC(=O)Nc1ccc(NC(=O)N[C@@H](c2ccc(C(C)C)cc2)c2cccs2)cc1. The fraction of sp³-hybridized carbons (Fsp3) is 0.217. The summed E-state index contributed by atoms with van der Waals surface area (Å²) < 4.78 is 0. The van der Waals surface area contributed by atoms with Gasteiger partial charge in [0.15, 0.2) is 0 Å². The van der Waals surface area contributed by atoms with Gasteiger partial charge in [0.2, 0.25) is 5.91 Å². The maximum Gasteiger partial charge on any atom is 0.320 e. The van der Waals surface area contributed by atoms with Gasteiger partial charge in [0.25, 0.3) is 0 Å². The van der Waals surface area contributed by atoms with Gasteiger partial charge in [0, 0.05) is 23.2 Å².